The Hall–Kier alpha value is -3.10. The molecule has 174 valence electrons. The number of methoxy groups -OCH3 is 1. The number of fused-ring (bicyclic) bond motifs is 3. The van der Waals surface area contributed by atoms with E-state index in [-0.39, 0.29) is 17.3 Å². The molecule has 0 spiro atoms. The summed E-state index contributed by atoms with van der Waals surface area (Å²) in [5.41, 5.74) is 5.48. The number of amides is 1. The number of primary sulfonamides is 1. The van der Waals surface area contributed by atoms with Gasteiger partial charge in [0.15, 0.2) is 0 Å². The quantitative estimate of drug-likeness (QED) is 0.531. The average molecular weight is 469 g/mol. The van der Waals surface area contributed by atoms with Crippen LogP contribution in [0.2, 0.25) is 0 Å². The number of sulfonamides is 1. The van der Waals surface area contributed by atoms with E-state index < -0.39 is 10.0 Å². The molecule has 0 bridgehead atoms. The standard InChI is InChI=1S/C25H28N2O5S/c1-15(12-23(28)27-14-17-8-10-18(11-9-17)33(26,29)30)20-13-21-19-6-4-5-7-22(19)32-25(21)16(2)24(20)31-3/h8-13H,4-7,14H2,1-3H3,(H,27,28)(H2,26,29,30)/b15-12+. The molecule has 1 aliphatic rings. The van der Waals surface area contributed by atoms with Gasteiger partial charge < -0.3 is 14.5 Å². The van der Waals surface area contributed by atoms with Crippen molar-refractivity contribution in [1.82, 2.24) is 5.32 Å². The number of ether oxygens (including phenoxy) is 1. The minimum atomic E-state index is -3.74. The molecule has 2 aromatic carbocycles. The van der Waals surface area contributed by atoms with Crippen LogP contribution in [0.1, 0.15) is 47.8 Å². The first-order chi connectivity index (χ1) is 15.7. The van der Waals surface area contributed by atoms with Crippen molar-refractivity contribution in [1.29, 1.82) is 0 Å². The Balaban J connectivity index is 1.57. The van der Waals surface area contributed by atoms with Crippen LogP contribution in [-0.4, -0.2) is 21.4 Å². The minimum absolute atomic E-state index is 0.0348. The average Bonchev–Trinajstić information content (AvgIpc) is 3.16. The highest BCUT2D eigenvalue weighted by Gasteiger charge is 2.23. The minimum Gasteiger partial charge on any atom is -0.496 e. The van der Waals surface area contributed by atoms with Crippen molar-refractivity contribution >= 4 is 32.5 Å². The number of nitrogens with two attached hydrogens (primary N) is 1. The van der Waals surface area contributed by atoms with Gasteiger partial charge in [-0.15, -0.1) is 0 Å². The van der Waals surface area contributed by atoms with Crippen molar-refractivity contribution in [3.05, 3.63) is 64.4 Å². The highest BCUT2D eigenvalue weighted by atomic mass is 32.2. The van der Waals surface area contributed by atoms with Gasteiger partial charge >= 0.3 is 0 Å². The SMILES string of the molecule is COc1c(/C(C)=C/C(=O)NCc2ccc(S(N)(=O)=O)cc2)cc2c3c(oc2c1C)CCCC3. The van der Waals surface area contributed by atoms with Crippen molar-refractivity contribution < 1.29 is 22.4 Å². The molecule has 8 heteroatoms. The molecule has 3 N–H and O–H groups in total. The molecule has 1 amide bonds. The first-order valence-corrected chi connectivity index (χ1v) is 12.4. The fraction of sp³-hybridized carbons (Fsp3) is 0.320. The molecule has 0 saturated carbocycles. The van der Waals surface area contributed by atoms with Crippen molar-refractivity contribution in [3.63, 3.8) is 0 Å². The number of furan rings is 1. The lowest BCUT2D eigenvalue weighted by Crippen LogP contribution is -2.20. The monoisotopic (exact) mass is 468 g/mol. The molecule has 7 nitrogen and oxygen atoms in total. The van der Waals surface area contributed by atoms with Crippen molar-refractivity contribution in [2.24, 2.45) is 5.14 Å². The predicted octanol–water partition coefficient (Wildman–Crippen LogP) is 4.00. The molecule has 33 heavy (non-hydrogen) atoms. The first-order valence-electron chi connectivity index (χ1n) is 10.9. The molecule has 1 heterocycles. The number of allylic oxidation sites excluding steroid dienone is 1. The first kappa shape index (κ1) is 23.1. The van der Waals surface area contributed by atoms with Crippen LogP contribution in [0.4, 0.5) is 0 Å². The number of nitrogens with one attached hydrogen (secondary N) is 1. The highest BCUT2D eigenvalue weighted by Crippen LogP contribution is 2.40. The van der Waals surface area contributed by atoms with Gasteiger partial charge in [0.1, 0.15) is 17.1 Å². The molecule has 4 rings (SSSR count). The van der Waals surface area contributed by atoms with Gasteiger partial charge in [0.2, 0.25) is 15.9 Å². The maximum Gasteiger partial charge on any atom is 0.244 e. The molecular weight excluding hydrogens is 440 g/mol. The summed E-state index contributed by atoms with van der Waals surface area (Å²) < 4.78 is 34.6. The molecule has 0 fully saturated rings. The predicted molar refractivity (Wildman–Crippen MR) is 127 cm³/mol. The third kappa shape index (κ3) is 4.67. The summed E-state index contributed by atoms with van der Waals surface area (Å²) in [5, 5.41) is 9.05. The molecule has 3 aromatic rings. The van der Waals surface area contributed by atoms with E-state index in [2.05, 4.69) is 11.4 Å². The smallest absolute Gasteiger partial charge is 0.244 e. The second kappa shape index (κ2) is 9.03. The zero-order valence-corrected chi connectivity index (χ0v) is 19.8. The lowest BCUT2D eigenvalue weighted by molar-refractivity contribution is -0.116. The molecule has 0 atom stereocenters. The number of carbonyl (C=O) groups excluding carboxylic acids is 1. The molecule has 1 aliphatic carbocycles. The fourth-order valence-electron chi connectivity index (χ4n) is 4.40. The van der Waals surface area contributed by atoms with Crippen LogP contribution in [0.3, 0.4) is 0 Å². The third-order valence-corrected chi connectivity index (χ3v) is 7.05. The van der Waals surface area contributed by atoms with Crippen LogP contribution in [0.15, 0.2) is 45.7 Å². The van der Waals surface area contributed by atoms with E-state index in [4.69, 9.17) is 14.3 Å². The maximum absolute atomic E-state index is 12.6. The molecule has 0 unspecified atom stereocenters. The Morgan fingerprint density at radius 3 is 2.58 bits per heavy atom. The van der Waals surface area contributed by atoms with E-state index >= 15 is 0 Å². The van der Waals surface area contributed by atoms with E-state index in [0.717, 1.165) is 64.7 Å². The summed E-state index contributed by atoms with van der Waals surface area (Å²) >= 11 is 0. The lowest BCUT2D eigenvalue weighted by atomic mass is 9.93. The van der Waals surface area contributed by atoms with E-state index in [9.17, 15) is 13.2 Å². The Bertz CT molecular complexity index is 1350. The number of aryl methyl sites for hydroxylation is 3. The molecule has 0 saturated heterocycles. The van der Waals surface area contributed by atoms with Crippen molar-refractivity contribution in [3.8, 4) is 5.75 Å². The molecule has 0 radical (unpaired) electrons. The van der Waals surface area contributed by atoms with E-state index in [0.29, 0.717) is 5.75 Å². The Morgan fingerprint density at radius 1 is 1.21 bits per heavy atom. The summed E-state index contributed by atoms with van der Waals surface area (Å²) in [4.78, 5) is 12.6. The van der Waals surface area contributed by atoms with Crippen LogP contribution in [0, 0.1) is 6.92 Å². The van der Waals surface area contributed by atoms with Crippen molar-refractivity contribution in [2.45, 2.75) is 51.0 Å². The van der Waals surface area contributed by atoms with E-state index in [1.807, 2.05) is 13.8 Å². The molecule has 1 aromatic heterocycles. The largest absolute Gasteiger partial charge is 0.496 e. The van der Waals surface area contributed by atoms with Crippen LogP contribution in [0.5, 0.6) is 5.75 Å². The van der Waals surface area contributed by atoms with Crippen LogP contribution >= 0.6 is 0 Å². The normalized spacial score (nSPS) is 14.2. The van der Waals surface area contributed by atoms with Gasteiger partial charge in [-0.25, -0.2) is 13.6 Å². The summed E-state index contributed by atoms with van der Waals surface area (Å²) in [7, 11) is -2.12. The van der Waals surface area contributed by atoms with E-state index in [1.165, 1.54) is 17.7 Å². The van der Waals surface area contributed by atoms with Gasteiger partial charge in [0.05, 0.1) is 12.0 Å². The van der Waals surface area contributed by atoms with E-state index in [1.54, 1.807) is 25.3 Å². The van der Waals surface area contributed by atoms with Crippen LogP contribution in [-0.2, 0) is 34.2 Å². The Morgan fingerprint density at radius 2 is 1.91 bits per heavy atom. The number of carbonyl (C=O) groups is 1. The summed E-state index contributed by atoms with van der Waals surface area (Å²) in [6.07, 6.45) is 5.79. The van der Waals surface area contributed by atoms with Crippen LogP contribution in [0.25, 0.3) is 16.5 Å². The third-order valence-electron chi connectivity index (χ3n) is 6.12. The number of benzene rings is 2. The summed E-state index contributed by atoms with van der Waals surface area (Å²) in [5.74, 6) is 1.51. The second-order valence-corrected chi connectivity index (χ2v) is 9.97. The van der Waals surface area contributed by atoms with Crippen LogP contribution < -0.4 is 15.2 Å². The summed E-state index contributed by atoms with van der Waals surface area (Å²) in [6, 6.07) is 8.16. The fourth-order valence-corrected chi connectivity index (χ4v) is 4.92. The zero-order valence-electron chi connectivity index (χ0n) is 19.0. The lowest BCUT2D eigenvalue weighted by Gasteiger charge is -2.13. The Kier molecular flexibility index (Phi) is 6.32. The number of hydrogen-bond acceptors (Lipinski definition) is 5. The summed E-state index contributed by atoms with van der Waals surface area (Å²) in [6.45, 7) is 4.13. The van der Waals surface area contributed by atoms with Gasteiger partial charge in [0, 0.05) is 41.1 Å². The van der Waals surface area contributed by atoms with Gasteiger partial charge in [-0.05, 0) is 62.4 Å². The topological polar surface area (TPSA) is 112 Å². The molecular formula is C25H28N2O5S. The van der Waals surface area contributed by atoms with Gasteiger partial charge in [0.25, 0.3) is 0 Å². The number of rotatable bonds is 6. The maximum atomic E-state index is 12.6. The highest BCUT2D eigenvalue weighted by molar-refractivity contribution is 7.89. The second-order valence-electron chi connectivity index (χ2n) is 8.40. The van der Waals surface area contributed by atoms with Crippen molar-refractivity contribution in [2.75, 3.05) is 7.11 Å². The van der Waals surface area contributed by atoms with Gasteiger partial charge in [-0.3, -0.25) is 4.79 Å². The van der Waals surface area contributed by atoms with Gasteiger partial charge in [-0.1, -0.05) is 12.1 Å². The van der Waals surface area contributed by atoms with Gasteiger partial charge in [-0.2, -0.15) is 0 Å². The number of hydrogen-bond donors (Lipinski definition) is 2. The Labute approximate surface area is 193 Å². The molecule has 0 aliphatic heterocycles. The zero-order chi connectivity index (χ0) is 23.8.